The fourth-order valence-electron chi connectivity index (χ4n) is 10.5. The van der Waals surface area contributed by atoms with Crippen LogP contribution in [0.2, 0.25) is 0 Å². The zero-order valence-corrected chi connectivity index (χ0v) is 32.2. The molecule has 1 aromatic heterocycles. The number of hydrogen-bond donors (Lipinski definition) is 2. The van der Waals surface area contributed by atoms with Gasteiger partial charge in [0.15, 0.2) is 0 Å². The van der Waals surface area contributed by atoms with Crippen LogP contribution in [-0.4, -0.2) is 14.8 Å². The van der Waals surface area contributed by atoms with Gasteiger partial charge in [0.2, 0.25) is 0 Å². The Morgan fingerprint density at radius 1 is 0.362 bits per heavy atom. The molecular weight excluding hydrogens is 707 g/mol. The van der Waals surface area contributed by atoms with E-state index in [1.807, 2.05) is 48.5 Å². The summed E-state index contributed by atoms with van der Waals surface area (Å²) < 4.78 is 2.37. The lowest BCUT2D eigenvalue weighted by Crippen LogP contribution is -2.44. The summed E-state index contributed by atoms with van der Waals surface area (Å²) in [6.07, 6.45) is 0. The summed E-state index contributed by atoms with van der Waals surface area (Å²) in [6, 6.07) is 65.5. The van der Waals surface area contributed by atoms with Gasteiger partial charge in [-0.05, 0) is 120 Å². The monoisotopic (exact) mass is 745 g/mol. The highest BCUT2D eigenvalue weighted by Crippen LogP contribution is 2.59. The van der Waals surface area contributed by atoms with Crippen LogP contribution in [0.3, 0.4) is 0 Å². The SMILES string of the molecule is CC1(C)c2cc3c(cc2-c2cc4c(cc21)c1ccccc1n4-c1ccccc1)C(O)(c1ccc2ccccc2c1)c1ccccc1C3(O)c1ccc2ccccc2c1. The molecule has 2 unspecified atom stereocenters. The number of aromatic nitrogens is 1. The van der Waals surface area contributed by atoms with E-state index in [0.717, 1.165) is 60.6 Å². The molecular formula is C55H39NO2. The molecule has 2 N–H and O–H groups in total. The molecule has 3 heteroatoms. The first kappa shape index (κ1) is 33.4. The molecule has 12 rings (SSSR count). The number of nitrogens with zero attached hydrogens (tertiary/aromatic N) is 1. The van der Waals surface area contributed by atoms with Gasteiger partial charge in [0.1, 0.15) is 11.2 Å². The van der Waals surface area contributed by atoms with Crippen molar-refractivity contribution in [2.24, 2.45) is 0 Å². The van der Waals surface area contributed by atoms with Gasteiger partial charge in [-0.25, -0.2) is 0 Å². The molecule has 2 atom stereocenters. The molecule has 0 saturated heterocycles. The smallest absolute Gasteiger partial charge is 0.141 e. The number of aliphatic hydroxyl groups is 2. The van der Waals surface area contributed by atoms with Gasteiger partial charge in [-0.2, -0.15) is 0 Å². The van der Waals surface area contributed by atoms with Crippen molar-refractivity contribution >= 4 is 43.4 Å². The Labute approximate surface area is 336 Å². The Morgan fingerprint density at radius 2 is 0.862 bits per heavy atom. The lowest BCUT2D eigenvalue weighted by atomic mass is 9.62. The van der Waals surface area contributed by atoms with Crippen molar-refractivity contribution in [2.45, 2.75) is 30.5 Å². The predicted molar refractivity (Wildman–Crippen MR) is 237 cm³/mol. The zero-order valence-electron chi connectivity index (χ0n) is 32.2. The fraction of sp³-hybridized carbons (Fsp3) is 0.0909. The van der Waals surface area contributed by atoms with Crippen molar-refractivity contribution in [3.8, 4) is 16.8 Å². The summed E-state index contributed by atoms with van der Waals surface area (Å²) in [5.74, 6) is 0. The van der Waals surface area contributed by atoms with Gasteiger partial charge in [0.25, 0.3) is 0 Å². The van der Waals surface area contributed by atoms with Crippen molar-refractivity contribution in [3.05, 3.63) is 233 Å². The van der Waals surface area contributed by atoms with Crippen LogP contribution in [0, 0.1) is 0 Å². The van der Waals surface area contributed by atoms with Crippen LogP contribution in [0.5, 0.6) is 0 Å². The summed E-state index contributed by atoms with van der Waals surface area (Å²) in [4.78, 5) is 0. The van der Waals surface area contributed by atoms with Gasteiger partial charge in [0, 0.05) is 27.4 Å². The minimum Gasteiger partial charge on any atom is -0.376 e. The van der Waals surface area contributed by atoms with Crippen LogP contribution < -0.4 is 0 Å². The van der Waals surface area contributed by atoms with Gasteiger partial charge in [-0.3, -0.25) is 0 Å². The predicted octanol–water partition coefficient (Wildman–Crippen LogP) is 12.3. The van der Waals surface area contributed by atoms with Crippen molar-refractivity contribution in [2.75, 3.05) is 0 Å². The van der Waals surface area contributed by atoms with Crippen LogP contribution in [0.1, 0.15) is 58.4 Å². The molecule has 2 aliphatic carbocycles. The summed E-state index contributed by atoms with van der Waals surface area (Å²) in [6.45, 7) is 4.60. The molecule has 2 aliphatic rings. The Bertz CT molecular complexity index is 3360. The van der Waals surface area contributed by atoms with E-state index in [1.54, 1.807) is 0 Å². The van der Waals surface area contributed by atoms with Crippen molar-refractivity contribution in [1.29, 1.82) is 0 Å². The number of rotatable bonds is 3. The Hall–Kier alpha value is -6.78. The van der Waals surface area contributed by atoms with E-state index >= 15 is 0 Å². The maximum Gasteiger partial charge on any atom is 0.141 e. The number of para-hydroxylation sites is 2. The maximum absolute atomic E-state index is 13.8. The molecule has 0 amide bonds. The first-order valence-corrected chi connectivity index (χ1v) is 20.1. The first-order chi connectivity index (χ1) is 28.3. The van der Waals surface area contributed by atoms with E-state index in [4.69, 9.17) is 0 Å². The second-order valence-electron chi connectivity index (χ2n) is 16.8. The summed E-state index contributed by atoms with van der Waals surface area (Å²) in [5.41, 5.74) is 8.69. The van der Waals surface area contributed by atoms with Crippen molar-refractivity contribution in [1.82, 2.24) is 4.57 Å². The maximum atomic E-state index is 13.8. The van der Waals surface area contributed by atoms with Crippen molar-refractivity contribution < 1.29 is 10.2 Å². The quantitative estimate of drug-likeness (QED) is 0.189. The summed E-state index contributed by atoms with van der Waals surface area (Å²) in [5, 5.41) is 34.3. The topological polar surface area (TPSA) is 45.4 Å². The molecule has 0 radical (unpaired) electrons. The highest BCUT2D eigenvalue weighted by atomic mass is 16.3. The zero-order chi connectivity index (χ0) is 39.0. The van der Waals surface area contributed by atoms with E-state index in [2.05, 4.69) is 158 Å². The fourth-order valence-corrected chi connectivity index (χ4v) is 10.5. The molecule has 3 nitrogen and oxygen atoms in total. The third kappa shape index (κ3) is 4.30. The molecule has 276 valence electrons. The molecule has 0 spiro atoms. The molecule has 9 aromatic carbocycles. The van der Waals surface area contributed by atoms with Crippen LogP contribution >= 0.6 is 0 Å². The Kier molecular flexibility index (Phi) is 6.70. The number of fused-ring (bicyclic) bond motifs is 10. The number of benzene rings is 9. The molecule has 1 heterocycles. The van der Waals surface area contributed by atoms with Gasteiger partial charge in [-0.15, -0.1) is 0 Å². The minimum absolute atomic E-state index is 0.411. The van der Waals surface area contributed by atoms with Crippen LogP contribution in [0.4, 0.5) is 0 Å². The molecule has 0 saturated carbocycles. The average Bonchev–Trinajstić information content (AvgIpc) is 3.71. The first-order valence-electron chi connectivity index (χ1n) is 20.1. The van der Waals surface area contributed by atoms with Crippen molar-refractivity contribution in [3.63, 3.8) is 0 Å². The van der Waals surface area contributed by atoms with Gasteiger partial charge in [-0.1, -0.05) is 153 Å². The lowest BCUT2D eigenvalue weighted by molar-refractivity contribution is 0.0748. The van der Waals surface area contributed by atoms with Crippen LogP contribution in [0.15, 0.2) is 188 Å². The van der Waals surface area contributed by atoms with Gasteiger partial charge < -0.3 is 14.8 Å². The molecule has 10 aromatic rings. The highest BCUT2D eigenvalue weighted by molar-refractivity contribution is 6.11. The minimum atomic E-state index is -1.58. The van der Waals surface area contributed by atoms with E-state index in [-0.39, 0.29) is 0 Å². The molecule has 58 heavy (non-hydrogen) atoms. The summed E-state index contributed by atoms with van der Waals surface area (Å²) in [7, 11) is 0. The highest BCUT2D eigenvalue weighted by Gasteiger charge is 2.53. The largest absolute Gasteiger partial charge is 0.376 e. The van der Waals surface area contributed by atoms with Gasteiger partial charge >= 0.3 is 0 Å². The van der Waals surface area contributed by atoms with Gasteiger partial charge in [0.05, 0.1) is 11.0 Å². The standard InChI is InChI=1S/C55H39NO2/c1-53(2)47-31-44-41-20-10-13-23-51(41)56(40-18-4-3-5-19-40)52(44)32-43(47)42-30-49-50(33-48(42)53)55(58,39-27-25-35-15-7-9-17-37(35)29-39)46-22-12-11-21-45(46)54(49,57)38-26-24-34-14-6-8-16-36(34)28-38/h3-33,57-58H,1-2H3. The normalized spacial score (nSPS) is 19.0. The Morgan fingerprint density at radius 3 is 1.50 bits per heavy atom. The molecule has 0 fully saturated rings. The Balaban J connectivity index is 1.19. The summed E-state index contributed by atoms with van der Waals surface area (Å²) >= 11 is 0. The van der Waals surface area contributed by atoms with Crippen LogP contribution in [-0.2, 0) is 16.6 Å². The third-order valence-corrected chi connectivity index (χ3v) is 13.4. The van der Waals surface area contributed by atoms with Crippen LogP contribution in [0.25, 0.3) is 60.2 Å². The average molecular weight is 746 g/mol. The molecule has 0 bridgehead atoms. The van der Waals surface area contributed by atoms with E-state index in [0.29, 0.717) is 22.3 Å². The second-order valence-corrected chi connectivity index (χ2v) is 16.8. The lowest BCUT2D eigenvalue weighted by Gasteiger charge is -2.46. The molecule has 0 aliphatic heterocycles. The van der Waals surface area contributed by atoms with E-state index in [1.165, 1.54) is 21.9 Å². The third-order valence-electron chi connectivity index (χ3n) is 13.4. The second kappa shape index (κ2) is 11.6. The van der Waals surface area contributed by atoms with E-state index < -0.39 is 16.6 Å². The van der Waals surface area contributed by atoms with E-state index in [9.17, 15) is 10.2 Å². The number of hydrogen-bond acceptors (Lipinski definition) is 2.